The Balaban J connectivity index is 2.89. The molecule has 0 heterocycles. The molecule has 0 spiro atoms. The smallest absolute Gasteiger partial charge is 0.466 e. The molecule has 0 bridgehead atoms. The molecule has 0 aromatic heterocycles. The van der Waals surface area contributed by atoms with E-state index in [-0.39, 0.29) is 25.3 Å². The Bertz CT molecular complexity index is 599. The minimum Gasteiger partial charge on any atom is -0.466 e. The van der Waals surface area contributed by atoms with Gasteiger partial charge in [-0.2, -0.15) is 13.2 Å². The number of para-hydroxylation sites is 1. The van der Waals surface area contributed by atoms with Crippen molar-refractivity contribution in [2.45, 2.75) is 23.7 Å². The third-order valence-electron chi connectivity index (χ3n) is 2.43. The first-order valence-corrected chi connectivity index (χ1v) is 7.48. The molecule has 1 aromatic carbocycles. The number of ether oxygens (including phenoxy) is 1. The van der Waals surface area contributed by atoms with Gasteiger partial charge in [0.05, 0.1) is 23.6 Å². The molecule has 0 aliphatic heterocycles. The Hall–Kier alpha value is -1.77. The molecule has 0 amide bonds. The first-order valence-electron chi connectivity index (χ1n) is 6.00. The molecule has 9 heteroatoms. The Morgan fingerprint density at radius 1 is 1.29 bits per heavy atom. The molecular formula is C12H14F3NO4S. The fourth-order valence-electron chi connectivity index (χ4n) is 1.50. The first-order chi connectivity index (χ1) is 9.70. The molecule has 0 atom stereocenters. The van der Waals surface area contributed by atoms with Crippen molar-refractivity contribution >= 4 is 21.5 Å². The summed E-state index contributed by atoms with van der Waals surface area (Å²) in [4.78, 5) is 10.2. The maximum absolute atomic E-state index is 12.6. The van der Waals surface area contributed by atoms with Gasteiger partial charge in [0.2, 0.25) is 0 Å². The zero-order valence-corrected chi connectivity index (χ0v) is 11.9. The summed E-state index contributed by atoms with van der Waals surface area (Å²) in [5.41, 5.74) is -5.59. The van der Waals surface area contributed by atoms with Gasteiger partial charge in [0.1, 0.15) is 0 Å². The molecule has 0 fully saturated rings. The van der Waals surface area contributed by atoms with Crippen LogP contribution in [0.3, 0.4) is 0 Å². The average Bonchev–Trinajstić information content (AvgIpc) is 2.38. The summed E-state index contributed by atoms with van der Waals surface area (Å²) in [6.45, 7) is 1.78. The number of esters is 1. The highest BCUT2D eigenvalue weighted by molar-refractivity contribution is 7.92. The molecule has 0 unspecified atom stereocenters. The van der Waals surface area contributed by atoms with Gasteiger partial charge in [-0.05, 0) is 19.1 Å². The van der Waals surface area contributed by atoms with E-state index < -0.39 is 26.2 Å². The van der Waals surface area contributed by atoms with Crippen LogP contribution in [0.2, 0.25) is 0 Å². The lowest BCUT2D eigenvalue weighted by Crippen LogP contribution is -2.24. The van der Waals surface area contributed by atoms with Crippen molar-refractivity contribution in [2.24, 2.45) is 0 Å². The third-order valence-corrected chi connectivity index (χ3v) is 3.98. The lowest BCUT2D eigenvalue weighted by atomic mass is 10.3. The van der Waals surface area contributed by atoms with Gasteiger partial charge in [-0.3, -0.25) is 4.79 Å². The van der Waals surface area contributed by atoms with E-state index in [9.17, 15) is 26.4 Å². The van der Waals surface area contributed by atoms with Gasteiger partial charge < -0.3 is 10.1 Å². The summed E-state index contributed by atoms with van der Waals surface area (Å²) in [7, 11) is -5.45. The second kappa shape index (κ2) is 6.79. The van der Waals surface area contributed by atoms with Crippen molar-refractivity contribution in [2.75, 3.05) is 18.5 Å². The van der Waals surface area contributed by atoms with Gasteiger partial charge in [0, 0.05) is 6.54 Å². The second-order valence-corrected chi connectivity index (χ2v) is 5.84. The molecule has 118 valence electrons. The normalized spacial score (nSPS) is 12.0. The number of carbonyl (C=O) groups excluding carboxylic acids is 1. The van der Waals surface area contributed by atoms with Gasteiger partial charge in [-0.25, -0.2) is 8.42 Å². The number of rotatable bonds is 6. The van der Waals surface area contributed by atoms with Crippen LogP contribution in [-0.4, -0.2) is 33.0 Å². The van der Waals surface area contributed by atoms with E-state index in [0.29, 0.717) is 0 Å². The summed E-state index contributed by atoms with van der Waals surface area (Å²) < 4.78 is 65.2. The number of carbonyl (C=O) groups is 1. The van der Waals surface area contributed by atoms with Crippen LogP contribution in [0.1, 0.15) is 13.3 Å². The van der Waals surface area contributed by atoms with Crippen LogP contribution in [0.15, 0.2) is 29.2 Å². The number of alkyl halides is 3. The summed E-state index contributed by atoms with van der Waals surface area (Å²) in [6, 6.07) is 4.64. The summed E-state index contributed by atoms with van der Waals surface area (Å²) in [6.07, 6.45) is -0.0890. The lowest BCUT2D eigenvalue weighted by molar-refractivity contribution is -0.142. The predicted molar refractivity (Wildman–Crippen MR) is 69.4 cm³/mol. The van der Waals surface area contributed by atoms with Crippen LogP contribution in [0.5, 0.6) is 0 Å². The first kappa shape index (κ1) is 17.3. The van der Waals surface area contributed by atoms with Crippen molar-refractivity contribution in [3.63, 3.8) is 0 Å². The van der Waals surface area contributed by atoms with Crippen molar-refractivity contribution in [3.05, 3.63) is 24.3 Å². The maximum atomic E-state index is 12.6. The van der Waals surface area contributed by atoms with E-state index in [1.165, 1.54) is 18.2 Å². The molecule has 0 radical (unpaired) electrons. The van der Waals surface area contributed by atoms with Gasteiger partial charge in [-0.15, -0.1) is 0 Å². The van der Waals surface area contributed by atoms with E-state index in [2.05, 4.69) is 10.1 Å². The SMILES string of the molecule is CCOC(=O)CCNc1ccccc1S(=O)(=O)C(F)(F)F. The third kappa shape index (κ3) is 4.35. The molecule has 0 saturated carbocycles. The monoisotopic (exact) mass is 325 g/mol. The van der Waals surface area contributed by atoms with E-state index in [1.807, 2.05) is 0 Å². The summed E-state index contributed by atoms with van der Waals surface area (Å²) in [5.74, 6) is -0.527. The number of nitrogens with one attached hydrogen (secondary N) is 1. The van der Waals surface area contributed by atoms with Crippen molar-refractivity contribution in [1.82, 2.24) is 0 Å². The Morgan fingerprint density at radius 2 is 1.90 bits per heavy atom. The maximum Gasteiger partial charge on any atom is 0.501 e. The molecule has 5 nitrogen and oxygen atoms in total. The highest BCUT2D eigenvalue weighted by atomic mass is 32.2. The van der Waals surface area contributed by atoms with Crippen LogP contribution >= 0.6 is 0 Å². The number of hydrogen-bond donors (Lipinski definition) is 1. The van der Waals surface area contributed by atoms with Gasteiger partial charge in [0.15, 0.2) is 0 Å². The van der Waals surface area contributed by atoms with E-state index in [0.717, 1.165) is 6.07 Å². The van der Waals surface area contributed by atoms with Crippen LogP contribution in [-0.2, 0) is 19.4 Å². The molecule has 1 rings (SSSR count). The van der Waals surface area contributed by atoms with Crippen molar-refractivity contribution < 1.29 is 31.1 Å². The van der Waals surface area contributed by atoms with E-state index in [4.69, 9.17) is 0 Å². The lowest BCUT2D eigenvalue weighted by Gasteiger charge is -2.13. The van der Waals surface area contributed by atoms with Crippen LogP contribution in [0.4, 0.5) is 18.9 Å². The van der Waals surface area contributed by atoms with Crippen LogP contribution in [0, 0.1) is 0 Å². The molecule has 1 N–H and O–H groups in total. The number of halogens is 3. The molecule has 0 aliphatic carbocycles. The minimum absolute atomic E-state index is 0.0385. The topological polar surface area (TPSA) is 72.5 Å². The van der Waals surface area contributed by atoms with E-state index in [1.54, 1.807) is 6.92 Å². The summed E-state index contributed by atoms with van der Waals surface area (Å²) in [5, 5.41) is 2.50. The number of hydrogen-bond acceptors (Lipinski definition) is 5. The molecule has 1 aromatic rings. The second-order valence-electron chi connectivity index (χ2n) is 3.93. The molecule has 21 heavy (non-hydrogen) atoms. The highest BCUT2D eigenvalue weighted by Crippen LogP contribution is 2.34. The predicted octanol–water partition coefficient (Wildman–Crippen LogP) is 2.35. The highest BCUT2D eigenvalue weighted by Gasteiger charge is 2.47. The Morgan fingerprint density at radius 3 is 2.48 bits per heavy atom. The largest absolute Gasteiger partial charge is 0.501 e. The summed E-state index contributed by atoms with van der Waals surface area (Å²) >= 11 is 0. The van der Waals surface area contributed by atoms with Gasteiger partial charge >= 0.3 is 11.5 Å². The standard InChI is InChI=1S/C12H14F3NO4S/c1-2-20-11(17)7-8-16-9-5-3-4-6-10(9)21(18,19)12(13,14)15/h3-6,16H,2,7-8H2,1H3. The Labute approximate surface area is 120 Å². The van der Waals surface area contributed by atoms with Crippen LogP contribution in [0.25, 0.3) is 0 Å². The number of benzene rings is 1. The van der Waals surface area contributed by atoms with Crippen molar-refractivity contribution in [3.8, 4) is 0 Å². The van der Waals surface area contributed by atoms with E-state index >= 15 is 0 Å². The fraction of sp³-hybridized carbons (Fsp3) is 0.417. The number of anilines is 1. The Kier molecular flexibility index (Phi) is 5.59. The fourth-order valence-corrected chi connectivity index (χ4v) is 2.44. The van der Waals surface area contributed by atoms with Crippen LogP contribution < -0.4 is 5.32 Å². The van der Waals surface area contributed by atoms with Crippen molar-refractivity contribution in [1.29, 1.82) is 0 Å². The minimum atomic E-state index is -5.45. The molecular weight excluding hydrogens is 311 g/mol. The molecule has 0 aliphatic rings. The van der Waals surface area contributed by atoms with Gasteiger partial charge in [-0.1, -0.05) is 12.1 Å². The molecule has 0 saturated heterocycles. The number of sulfone groups is 1. The zero-order valence-electron chi connectivity index (χ0n) is 11.1. The quantitative estimate of drug-likeness (QED) is 0.813. The zero-order chi connectivity index (χ0) is 16.1. The van der Waals surface area contributed by atoms with Gasteiger partial charge in [0.25, 0.3) is 9.84 Å². The average molecular weight is 325 g/mol.